The molecule has 4 nitrogen and oxygen atoms in total. The average Bonchev–Trinajstić information content (AvgIpc) is 1.85. The van der Waals surface area contributed by atoms with Crippen molar-refractivity contribution in [1.82, 2.24) is 10.6 Å². The standard InChI is InChI=1S/C5H14N2O2/c1-5(7-4-9)2-6-3-8/h5-9H,2-4H2,1H3. The van der Waals surface area contributed by atoms with E-state index in [0.29, 0.717) is 6.54 Å². The second kappa shape index (κ2) is 5.97. The topological polar surface area (TPSA) is 64.5 Å². The normalized spacial score (nSPS) is 13.7. The van der Waals surface area contributed by atoms with Crippen LogP contribution < -0.4 is 10.6 Å². The minimum Gasteiger partial charge on any atom is -0.381 e. The van der Waals surface area contributed by atoms with Crippen molar-refractivity contribution < 1.29 is 10.2 Å². The van der Waals surface area contributed by atoms with E-state index in [2.05, 4.69) is 10.6 Å². The highest BCUT2D eigenvalue weighted by molar-refractivity contribution is 4.58. The molecule has 1 atom stereocenters. The number of nitrogens with one attached hydrogen (secondary N) is 2. The fourth-order valence-corrected chi connectivity index (χ4v) is 0.509. The Balaban J connectivity index is 2.95. The number of aliphatic hydroxyl groups excluding tert-OH is 2. The predicted octanol–water partition coefficient (Wildman–Crippen LogP) is -1.55. The summed E-state index contributed by atoms with van der Waals surface area (Å²) in [6.07, 6.45) is 0. The molecule has 56 valence electrons. The van der Waals surface area contributed by atoms with Gasteiger partial charge >= 0.3 is 0 Å². The van der Waals surface area contributed by atoms with Crippen LogP contribution in [0.5, 0.6) is 0 Å². The molecule has 0 fully saturated rings. The predicted molar refractivity (Wildman–Crippen MR) is 34.8 cm³/mol. The summed E-state index contributed by atoms with van der Waals surface area (Å²) in [6.45, 7) is 2.54. The maximum atomic E-state index is 8.33. The van der Waals surface area contributed by atoms with Crippen molar-refractivity contribution in [2.24, 2.45) is 0 Å². The van der Waals surface area contributed by atoms with Crippen LogP contribution in [0.1, 0.15) is 6.92 Å². The third kappa shape index (κ3) is 5.72. The fourth-order valence-electron chi connectivity index (χ4n) is 0.509. The highest BCUT2D eigenvalue weighted by atomic mass is 16.3. The first kappa shape index (κ1) is 8.84. The molecule has 0 aliphatic carbocycles. The van der Waals surface area contributed by atoms with Gasteiger partial charge in [0.05, 0.1) is 13.5 Å². The molecule has 0 aliphatic heterocycles. The van der Waals surface area contributed by atoms with Gasteiger partial charge in [0.25, 0.3) is 0 Å². The fraction of sp³-hybridized carbons (Fsp3) is 1.00. The van der Waals surface area contributed by atoms with Crippen LogP contribution in [0.3, 0.4) is 0 Å². The lowest BCUT2D eigenvalue weighted by Crippen LogP contribution is -2.36. The summed E-state index contributed by atoms with van der Waals surface area (Å²) in [7, 11) is 0. The van der Waals surface area contributed by atoms with E-state index in [1.54, 1.807) is 0 Å². The van der Waals surface area contributed by atoms with Crippen molar-refractivity contribution in [2.75, 3.05) is 20.0 Å². The third-order valence-electron chi connectivity index (χ3n) is 1.00. The van der Waals surface area contributed by atoms with Gasteiger partial charge in [-0.3, -0.25) is 10.6 Å². The molecule has 0 heterocycles. The molecule has 4 N–H and O–H groups in total. The highest BCUT2D eigenvalue weighted by Gasteiger charge is 1.95. The van der Waals surface area contributed by atoms with Gasteiger partial charge < -0.3 is 10.2 Å². The zero-order valence-electron chi connectivity index (χ0n) is 5.59. The van der Waals surface area contributed by atoms with Crippen LogP contribution in [0.2, 0.25) is 0 Å². The molecule has 0 aliphatic rings. The second-order valence-corrected chi connectivity index (χ2v) is 1.88. The van der Waals surface area contributed by atoms with E-state index in [4.69, 9.17) is 10.2 Å². The third-order valence-corrected chi connectivity index (χ3v) is 1.00. The number of aliphatic hydroxyl groups is 2. The number of hydrogen-bond acceptors (Lipinski definition) is 4. The van der Waals surface area contributed by atoms with Crippen LogP contribution in [0, 0.1) is 0 Å². The molecule has 1 unspecified atom stereocenters. The number of hydrogen-bond donors (Lipinski definition) is 4. The Morgan fingerprint density at radius 2 is 2.00 bits per heavy atom. The van der Waals surface area contributed by atoms with Gasteiger partial charge in [-0.2, -0.15) is 0 Å². The first-order valence-electron chi connectivity index (χ1n) is 2.97. The monoisotopic (exact) mass is 134 g/mol. The quantitative estimate of drug-likeness (QED) is 0.344. The Morgan fingerprint density at radius 3 is 2.44 bits per heavy atom. The van der Waals surface area contributed by atoms with E-state index in [1.807, 2.05) is 6.92 Å². The van der Waals surface area contributed by atoms with Gasteiger partial charge in [-0.25, -0.2) is 0 Å². The Kier molecular flexibility index (Phi) is 5.86. The van der Waals surface area contributed by atoms with Gasteiger partial charge in [0.15, 0.2) is 0 Å². The second-order valence-electron chi connectivity index (χ2n) is 1.88. The summed E-state index contributed by atoms with van der Waals surface area (Å²) in [5.41, 5.74) is 0. The van der Waals surface area contributed by atoms with E-state index in [0.717, 1.165) is 0 Å². The summed E-state index contributed by atoms with van der Waals surface area (Å²) in [4.78, 5) is 0. The minimum atomic E-state index is -0.0196. The molecular weight excluding hydrogens is 120 g/mol. The van der Waals surface area contributed by atoms with Crippen LogP contribution in [-0.2, 0) is 0 Å². The van der Waals surface area contributed by atoms with Crippen LogP contribution in [0.15, 0.2) is 0 Å². The van der Waals surface area contributed by atoms with Crippen LogP contribution in [0.4, 0.5) is 0 Å². The molecule has 0 aromatic carbocycles. The van der Waals surface area contributed by atoms with Crippen LogP contribution in [0.25, 0.3) is 0 Å². The summed E-state index contributed by atoms with van der Waals surface area (Å²) >= 11 is 0. The van der Waals surface area contributed by atoms with Crippen molar-refractivity contribution >= 4 is 0 Å². The summed E-state index contributed by atoms with van der Waals surface area (Å²) in [5, 5.41) is 22.1. The summed E-state index contributed by atoms with van der Waals surface area (Å²) in [5.74, 6) is 0. The Morgan fingerprint density at radius 1 is 1.33 bits per heavy atom. The molecule has 0 saturated carbocycles. The van der Waals surface area contributed by atoms with Gasteiger partial charge in [0, 0.05) is 12.6 Å². The summed E-state index contributed by atoms with van der Waals surface area (Å²) in [6, 6.07) is 0.196. The Bertz CT molecular complexity index is 60.9. The molecule has 9 heavy (non-hydrogen) atoms. The molecular formula is C5H14N2O2. The largest absolute Gasteiger partial charge is 0.381 e. The van der Waals surface area contributed by atoms with Crippen molar-refractivity contribution in [1.29, 1.82) is 0 Å². The van der Waals surface area contributed by atoms with Gasteiger partial charge in [0.1, 0.15) is 0 Å². The zero-order chi connectivity index (χ0) is 7.11. The van der Waals surface area contributed by atoms with Crippen molar-refractivity contribution in [2.45, 2.75) is 13.0 Å². The highest BCUT2D eigenvalue weighted by Crippen LogP contribution is 1.74. The van der Waals surface area contributed by atoms with Crippen molar-refractivity contribution in [3.63, 3.8) is 0 Å². The lowest BCUT2D eigenvalue weighted by atomic mass is 10.3. The van der Waals surface area contributed by atoms with Gasteiger partial charge in [-0.05, 0) is 6.92 Å². The minimum absolute atomic E-state index is 0.0164. The molecule has 0 spiro atoms. The first-order valence-corrected chi connectivity index (χ1v) is 2.97. The molecule has 0 aromatic heterocycles. The summed E-state index contributed by atoms with van der Waals surface area (Å²) < 4.78 is 0. The van der Waals surface area contributed by atoms with E-state index in [9.17, 15) is 0 Å². The van der Waals surface area contributed by atoms with Crippen LogP contribution in [-0.4, -0.2) is 36.3 Å². The Labute approximate surface area is 54.9 Å². The van der Waals surface area contributed by atoms with E-state index >= 15 is 0 Å². The lowest BCUT2D eigenvalue weighted by molar-refractivity contribution is 0.225. The molecule has 0 rings (SSSR count). The average molecular weight is 134 g/mol. The van der Waals surface area contributed by atoms with E-state index < -0.39 is 0 Å². The lowest BCUT2D eigenvalue weighted by Gasteiger charge is -2.10. The molecule has 0 saturated heterocycles. The smallest absolute Gasteiger partial charge is 0.0933 e. The molecule has 0 aromatic rings. The van der Waals surface area contributed by atoms with E-state index in [1.165, 1.54) is 0 Å². The van der Waals surface area contributed by atoms with Crippen LogP contribution >= 0.6 is 0 Å². The number of rotatable bonds is 5. The van der Waals surface area contributed by atoms with Crippen molar-refractivity contribution in [3.05, 3.63) is 0 Å². The molecule has 4 heteroatoms. The Hall–Kier alpha value is -0.160. The first-order chi connectivity index (χ1) is 4.31. The zero-order valence-corrected chi connectivity index (χ0v) is 5.59. The maximum absolute atomic E-state index is 8.33. The van der Waals surface area contributed by atoms with Gasteiger partial charge in [0.2, 0.25) is 0 Å². The molecule has 0 radical (unpaired) electrons. The molecule has 0 amide bonds. The molecule has 0 bridgehead atoms. The SMILES string of the molecule is CC(CNCO)NCO. The van der Waals surface area contributed by atoms with Crippen molar-refractivity contribution in [3.8, 4) is 0 Å². The van der Waals surface area contributed by atoms with E-state index in [-0.39, 0.29) is 19.5 Å². The van der Waals surface area contributed by atoms with Gasteiger partial charge in [-0.15, -0.1) is 0 Å². The maximum Gasteiger partial charge on any atom is 0.0933 e. The van der Waals surface area contributed by atoms with Gasteiger partial charge in [-0.1, -0.05) is 0 Å².